The maximum absolute atomic E-state index is 12.7. The van der Waals surface area contributed by atoms with E-state index in [0.717, 1.165) is 11.3 Å². The van der Waals surface area contributed by atoms with E-state index < -0.39 is 17.5 Å². The molecule has 3 rings (SSSR count). The number of carbonyl (C=O) groups is 2. The van der Waals surface area contributed by atoms with Crippen LogP contribution in [0.4, 0.5) is 13.2 Å². The van der Waals surface area contributed by atoms with Gasteiger partial charge in [-0.25, -0.2) is 4.98 Å². The number of rotatable bonds is 7. The average molecular weight is 418 g/mol. The first-order chi connectivity index (χ1) is 14.2. The van der Waals surface area contributed by atoms with E-state index in [1.54, 1.807) is 6.92 Å². The fourth-order valence-electron chi connectivity index (χ4n) is 3.16. The number of fused-ring (bicyclic) bond motifs is 1. The lowest BCUT2D eigenvalue weighted by atomic mass is 10.1. The highest BCUT2D eigenvalue weighted by Gasteiger charge is 2.39. The van der Waals surface area contributed by atoms with Crippen LogP contribution in [0.25, 0.3) is 16.7 Å². The minimum absolute atomic E-state index is 0.243. The van der Waals surface area contributed by atoms with Gasteiger partial charge in [0.25, 0.3) is 5.78 Å². The van der Waals surface area contributed by atoms with Gasteiger partial charge in [0.1, 0.15) is 5.82 Å². The summed E-state index contributed by atoms with van der Waals surface area (Å²) >= 11 is 0. The molecule has 5 nitrogen and oxygen atoms in total. The second-order valence-corrected chi connectivity index (χ2v) is 6.74. The fraction of sp³-hybridized carbons (Fsp3) is 0.318. The molecule has 0 unspecified atom stereocenters. The topological polar surface area (TPSA) is 61.2 Å². The molecule has 0 saturated heterocycles. The molecule has 2 aromatic carbocycles. The van der Waals surface area contributed by atoms with E-state index in [9.17, 15) is 22.8 Å². The summed E-state index contributed by atoms with van der Waals surface area (Å²) in [5, 5.41) is 0. The predicted octanol–water partition coefficient (Wildman–Crippen LogP) is 4.83. The van der Waals surface area contributed by atoms with E-state index in [4.69, 9.17) is 4.74 Å². The van der Waals surface area contributed by atoms with Gasteiger partial charge in [-0.15, -0.1) is 0 Å². The van der Waals surface area contributed by atoms with Crippen LogP contribution in [0.1, 0.15) is 42.0 Å². The molecule has 1 aromatic heterocycles. The van der Waals surface area contributed by atoms with Gasteiger partial charge >= 0.3 is 12.1 Å². The van der Waals surface area contributed by atoms with Gasteiger partial charge in [-0.05, 0) is 35.9 Å². The van der Waals surface area contributed by atoms with Gasteiger partial charge in [0, 0.05) is 30.5 Å². The molecule has 0 N–H and O–H groups in total. The highest BCUT2D eigenvalue weighted by Crippen LogP contribution is 2.27. The molecule has 30 heavy (non-hydrogen) atoms. The third-order valence-corrected chi connectivity index (χ3v) is 4.70. The standard InChI is InChI=1S/C22H21F3N2O3/c1-3-19-26-17-13-15(21(29)22(23,24)25)7-10-18(17)27(19)16-8-5-14(6-9-16)11-12-30-20(28)4-2/h5-10,13H,3-4,11-12H2,1-2H3. The number of hydrogen-bond acceptors (Lipinski definition) is 4. The molecule has 3 aromatic rings. The Morgan fingerprint density at radius 1 is 1.07 bits per heavy atom. The molecule has 0 aliphatic carbocycles. The lowest BCUT2D eigenvalue weighted by Gasteiger charge is -2.10. The van der Waals surface area contributed by atoms with Crippen molar-refractivity contribution in [2.24, 2.45) is 0 Å². The number of hydrogen-bond donors (Lipinski definition) is 0. The number of carbonyl (C=O) groups excluding carboxylic acids is 2. The van der Waals surface area contributed by atoms with Gasteiger partial charge in [0.05, 0.1) is 17.6 Å². The molecule has 0 fully saturated rings. The van der Waals surface area contributed by atoms with E-state index in [0.29, 0.717) is 42.7 Å². The molecule has 158 valence electrons. The zero-order chi connectivity index (χ0) is 21.9. The number of Topliss-reactive ketones (excluding diaryl/α,β-unsaturated/α-hetero) is 1. The number of ketones is 1. The summed E-state index contributed by atoms with van der Waals surface area (Å²) in [7, 11) is 0. The zero-order valence-corrected chi connectivity index (χ0v) is 16.6. The Bertz CT molecular complexity index is 1070. The summed E-state index contributed by atoms with van der Waals surface area (Å²) in [6.45, 7) is 3.94. The van der Waals surface area contributed by atoms with Gasteiger partial charge in [0.15, 0.2) is 0 Å². The quantitative estimate of drug-likeness (QED) is 0.407. The highest BCUT2D eigenvalue weighted by molar-refractivity contribution is 6.02. The molecule has 1 heterocycles. The van der Waals surface area contributed by atoms with Crippen molar-refractivity contribution in [3.05, 3.63) is 59.4 Å². The lowest BCUT2D eigenvalue weighted by Crippen LogP contribution is -2.22. The third kappa shape index (κ3) is 4.53. The Labute approximate surface area is 171 Å². The molecule has 0 spiro atoms. The van der Waals surface area contributed by atoms with E-state index in [1.165, 1.54) is 18.2 Å². The Hall–Kier alpha value is -3.16. The number of ether oxygens (including phenoxy) is 1. The Morgan fingerprint density at radius 3 is 2.37 bits per heavy atom. The summed E-state index contributed by atoms with van der Waals surface area (Å²) in [6, 6.07) is 11.4. The van der Waals surface area contributed by atoms with Crippen LogP contribution in [0.5, 0.6) is 0 Å². The number of imidazole rings is 1. The Balaban J connectivity index is 1.89. The van der Waals surface area contributed by atoms with Crippen LogP contribution in [-0.4, -0.2) is 34.1 Å². The molecule has 0 radical (unpaired) electrons. The number of halogens is 3. The van der Waals surface area contributed by atoms with Gasteiger partial charge < -0.3 is 4.74 Å². The molecule has 0 bridgehead atoms. The van der Waals surface area contributed by atoms with Crippen LogP contribution in [0, 0.1) is 0 Å². The second kappa shape index (κ2) is 8.69. The summed E-state index contributed by atoms with van der Waals surface area (Å²) in [5.74, 6) is -1.45. The van der Waals surface area contributed by atoms with Crippen LogP contribution in [0.15, 0.2) is 42.5 Å². The van der Waals surface area contributed by atoms with Crippen molar-refractivity contribution in [3.63, 3.8) is 0 Å². The number of esters is 1. The lowest BCUT2D eigenvalue weighted by molar-refractivity contribution is -0.143. The average Bonchev–Trinajstić information content (AvgIpc) is 3.10. The molecule has 0 saturated carbocycles. The summed E-state index contributed by atoms with van der Waals surface area (Å²) in [5.41, 5.74) is 2.31. The first kappa shape index (κ1) is 21.5. The SMILES string of the molecule is CCC(=O)OCCc1ccc(-n2c(CC)nc3cc(C(=O)C(F)(F)F)ccc32)cc1. The van der Waals surface area contributed by atoms with Crippen molar-refractivity contribution in [3.8, 4) is 5.69 Å². The van der Waals surface area contributed by atoms with Crippen LogP contribution < -0.4 is 0 Å². The molecular formula is C22H21F3N2O3. The first-order valence-electron chi connectivity index (χ1n) is 9.62. The maximum Gasteiger partial charge on any atom is 0.454 e. The van der Waals surface area contributed by atoms with Gasteiger partial charge in [-0.1, -0.05) is 26.0 Å². The molecule has 0 aliphatic heterocycles. The minimum Gasteiger partial charge on any atom is -0.465 e. The van der Waals surface area contributed by atoms with E-state index in [1.807, 2.05) is 35.8 Å². The van der Waals surface area contributed by atoms with Crippen LogP contribution in [0.3, 0.4) is 0 Å². The van der Waals surface area contributed by atoms with Crippen molar-refractivity contribution in [1.82, 2.24) is 9.55 Å². The van der Waals surface area contributed by atoms with Crippen LogP contribution in [-0.2, 0) is 22.4 Å². The van der Waals surface area contributed by atoms with Gasteiger partial charge in [0.2, 0.25) is 0 Å². The van der Waals surface area contributed by atoms with Crippen molar-refractivity contribution in [1.29, 1.82) is 0 Å². The number of aromatic nitrogens is 2. The first-order valence-corrected chi connectivity index (χ1v) is 9.62. The smallest absolute Gasteiger partial charge is 0.454 e. The molecular weight excluding hydrogens is 397 g/mol. The minimum atomic E-state index is -4.93. The molecule has 0 aliphatic rings. The van der Waals surface area contributed by atoms with Gasteiger partial charge in [-0.2, -0.15) is 13.2 Å². The van der Waals surface area contributed by atoms with Crippen molar-refractivity contribution >= 4 is 22.8 Å². The van der Waals surface area contributed by atoms with E-state index in [2.05, 4.69) is 4.98 Å². The summed E-state index contributed by atoms with van der Waals surface area (Å²) in [4.78, 5) is 27.2. The fourth-order valence-corrected chi connectivity index (χ4v) is 3.16. The number of nitrogens with zero attached hydrogens (tertiary/aromatic N) is 2. The van der Waals surface area contributed by atoms with E-state index >= 15 is 0 Å². The Kier molecular flexibility index (Phi) is 6.24. The van der Waals surface area contributed by atoms with Gasteiger partial charge in [-0.3, -0.25) is 14.2 Å². The monoisotopic (exact) mass is 418 g/mol. The third-order valence-electron chi connectivity index (χ3n) is 4.70. The second-order valence-electron chi connectivity index (χ2n) is 6.74. The summed E-state index contributed by atoms with van der Waals surface area (Å²) in [6.07, 6.45) is -3.44. The number of alkyl halides is 3. The van der Waals surface area contributed by atoms with Crippen molar-refractivity contribution < 1.29 is 27.5 Å². The highest BCUT2D eigenvalue weighted by atomic mass is 19.4. The molecule has 0 atom stereocenters. The predicted molar refractivity (Wildman–Crippen MR) is 106 cm³/mol. The number of benzene rings is 2. The van der Waals surface area contributed by atoms with Crippen LogP contribution in [0.2, 0.25) is 0 Å². The Morgan fingerprint density at radius 2 is 1.77 bits per heavy atom. The van der Waals surface area contributed by atoms with Crippen molar-refractivity contribution in [2.75, 3.05) is 6.61 Å². The van der Waals surface area contributed by atoms with Crippen molar-refractivity contribution in [2.45, 2.75) is 39.3 Å². The largest absolute Gasteiger partial charge is 0.465 e. The maximum atomic E-state index is 12.7. The van der Waals surface area contributed by atoms with Crippen LogP contribution >= 0.6 is 0 Å². The zero-order valence-electron chi connectivity index (χ0n) is 16.6. The number of aryl methyl sites for hydroxylation is 1. The normalized spacial score (nSPS) is 11.6. The van der Waals surface area contributed by atoms with E-state index in [-0.39, 0.29) is 5.97 Å². The summed E-state index contributed by atoms with van der Waals surface area (Å²) < 4.78 is 45.2. The molecule has 8 heteroatoms. The molecule has 0 amide bonds.